The fourth-order valence-corrected chi connectivity index (χ4v) is 1.15. The Bertz CT molecular complexity index is 195. The Morgan fingerprint density at radius 1 is 1.31 bits per heavy atom. The van der Waals surface area contributed by atoms with Crippen molar-refractivity contribution >= 4 is 22.5 Å². The quantitative estimate of drug-likeness (QED) is 0.612. The van der Waals surface area contributed by atoms with Crippen LogP contribution in [0.4, 0.5) is 0 Å². The van der Waals surface area contributed by atoms with Gasteiger partial charge in [0, 0.05) is 25.2 Å². The summed E-state index contributed by atoms with van der Waals surface area (Å²) < 4.78 is 0. The fraction of sp³-hybridized carbons (Fsp3) is 0.800. The minimum atomic E-state index is 0.608. The molecule has 76 valence electrons. The fourth-order valence-electron chi connectivity index (χ4n) is 0.833. The highest BCUT2D eigenvalue weighted by molar-refractivity contribution is 6.66. The van der Waals surface area contributed by atoms with Gasteiger partial charge >= 0.3 is 0 Å². The number of nitrogens with zero attached hydrogens (tertiary/aromatic N) is 2. The Labute approximate surface area is 86.1 Å². The van der Waals surface area contributed by atoms with E-state index in [2.05, 4.69) is 23.8 Å². The van der Waals surface area contributed by atoms with Gasteiger partial charge in [0.1, 0.15) is 5.17 Å². The average molecular weight is 203 g/mol. The Morgan fingerprint density at radius 3 is 2.38 bits per heavy atom. The second-order valence-electron chi connectivity index (χ2n) is 3.50. The molecule has 0 amide bonds. The van der Waals surface area contributed by atoms with E-state index in [0.29, 0.717) is 17.5 Å². The van der Waals surface area contributed by atoms with Gasteiger partial charge in [-0.15, -0.1) is 0 Å². The summed E-state index contributed by atoms with van der Waals surface area (Å²) in [5.41, 5.74) is 1.07. The van der Waals surface area contributed by atoms with E-state index in [1.165, 1.54) is 0 Å². The lowest BCUT2D eigenvalue weighted by Crippen LogP contribution is -2.02. The van der Waals surface area contributed by atoms with Crippen LogP contribution in [-0.2, 0) is 0 Å². The van der Waals surface area contributed by atoms with Crippen LogP contribution in [0.15, 0.2) is 9.98 Å². The van der Waals surface area contributed by atoms with Crippen LogP contribution in [-0.4, -0.2) is 24.0 Å². The molecule has 0 saturated carbocycles. The van der Waals surface area contributed by atoms with Crippen molar-refractivity contribution in [3.63, 3.8) is 0 Å². The molecular formula is C10H19ClN2. The summed E-state index contributed by atoms with van der Waals surface area (Å²) in [6, 6.07) is 0. The average Bonchev–Trinajstić information content (AvgIpc) is 2.01. The molecule has 0 heterocycles. The van der Waals surface area contributed by atoms with Crippen LogP contribution in [0.2, 0.25) is 0 Å². The highest BCUT2D eigenvalue weighted by Gasteiger charge is 1.97. The molecule has 0 atom stereocenters. The molecule has 0 aliphatic rings. The van der Waals surface area contributed by atoms with Crippen molar-refractivity contribution < 1.29 is 0 Å². The van der Waals surface area contributed by atoms with E-state index in [4.69, 9.17) is 11.6 Å². The minimum Gasteiger partial charge on any atom is -0.294 e. The summed E-state index contributed by atoms with van der Waals surface area (Å²) >= 11 is 5.86. The van der Waals surface area contributed by atoms with E-state index >= 15 is 0 Å². The van der Waals surface area contributed by atoms with Gasteiger partial charge in [-0.2, -0.15) is 0 Å². The molecule has 0 saturated heterocycles. The highest BCUT2D eigenvalue weighted by atomic mass is 35.5. The van der Waals surface area contributed by atoms with E-state index in [-0.39, 0.29) is 0 Å². The third kappa shape index (κ3) is 7.97. The molecule has 2 nitrogen and oxygen atoms in total. The van der Waals surface area contributed by atoms with Gasteiger partial charge in [-0.25, -0.2) is 0 Å². The van der Waals surface area contributed by atoms with Crippen molar-refractivity contribution in [3.8, 4) is 0 Å². The molecule has 0 aliphatic carbocycles. The van der Waals surface area contributed by atoms with Gasteiger partial charge in [0.15, 0.2) is 0 Å². The molecule has 0 aromatic carbocycles. The maximum atomic E-state index is 5.86. The highest BCUT2D eigenvalue weighted by Crippen LogP contribution is 1.99. The molecule has 3 heteroatoms. The molecule has 0 aromatic rings. The van der Waals surface area contributed by atoms with Crippen molar-refractivity contribution in [2.24, 2.45) is 15.9 Å². The minimum absolute atomic E-state index is 0.608. The molecule has 0 N–H and O–H groups in total. The first-order valence-corrected chi connectivity index (χ1v) is 5.12. The van der Waals surface area contributed by atoms with E-state index < -0.39 is 0 Å². The Kier molecular flexibility index (Phi) is 6.87. The molecule has 0 fully saturated rings. The molecule has 13 heavy (non-hydrogen) atoms. The second-order valence-corrected chi connectivity index (χ2v) is 3.93. The van der Waals surface area contributed by atoms with Gasteiger partial charge in [0.2, 0.25) is 0 Å². The summed E-state index contributed by atoms with van der Waals surface area (Å²) in [6.07, 6.45) is 0.697. The molecular weight excluding hydrogens is 184 g/mol. The molecule has 0 spiro atoms. The zero-order valence-corrected chi connectivity index (χ0v) is 9.73. The Balaban J connectivity index is 3.91. The van der Waals surface area contributed by atoms with Gasteiger partial charge in [-0.05, 0) is 19.8 Å². The maximum absolute atomic E-state index is 5.86. The number of aliphatic imine (C=N–C) groups is 2. The standard InChI is InChI=1S/C10H19ClN2/c1-5-12-10(11)6-9(4)13-7-8(2)3/h8H,5-7H2,1-4H3. The monoisotopic (exact) mass is 202 g/mol. The first-order chi connectivity index (χ1) is 6.06. The lowest BCUT2D eigenvalue weighted by Gasteiger charge is -2.01. The maximum Gasteiger partial charge on any atom is 0.106 e. The Morgan fingerprint density at radius 2 is 1.92 bits per heavy atom. The van der Waals surface area contributed by atoms with Crippen LogP contribution in [0.25, 0.3) is 0 Å². The predicted molar refractivity (Wildman–Crippen MR) is 61.3 cm³/mol. The topological polar surface area (TPSA) is 24.7 Å². The lowest BCUT2D eigenvalue weighted by atomic mass is 10.2. The van der Waals surface area contributed by atoms with Crippen LogP contribution in [0.1, 0.15) is 34.1 Å². The van der Waals surface area contributed by atoms with Crippen molar-refractivity contribution in [3.05, 3.63) is 0 Å². The van der Waals surface area contributed by atoms with Gasteiger partial charge in [0.05, 0.1) is 0 Å². The molecule has 0 rings (SSSR count). The van der Waals surface area contributed by atoms with Crippen LogP contribution in [0.3, 0.4) is 0 Å². The lowest BCUT2D eigenvalue weighted by molar-refractivity contribution is 0.665. The molecule has 0 bridgehead atoms. The van der Waals surface area contributed by atoms with Crippen LogP contribution in [0.5, 0.6) is 0 Å². The van der Waals surface area contributed by atoms with Gasteiger partial charge in [-0.3, -0.25) is 9.98 Å². The second kappa shape index (κ2) is 7.07. The van der Waals surface area contributed by atoms with Crippen LogP contribution >= 0.6 is 11.6 Å². The molecule has 0 aromatic heterocycles. The summed E-state index contributed by atoms with van der Waals surface area (Å²) in [5, 5.41) is 0.660. The molecule has 0 aliphatic heterocycles. The van der Waals surface area contributed by atoms with Crippen LogP contribution in [0, 0.1) is 5.92 Å². The zero-order valence-electron chi connectivity index (χ0n) is 8.97. The van der Waals surface area contributed by atoms with Gasteiger partial charge in [0.25, 0.3) is 0 Å². The van der Waals surface area contributed by atoms with Crippen molar-refractivity contribution in [2.75, 3.05) is 13.1 Å². The smallest absolute Gasteiger partial charge is 0.106 e. The van der Waals surface area contributed by atoms with Crippen molar-refractivity contribution in [1.29, 1.82) is 0 Å². The molecule has 0 unspecified atom stereocenters. The molecule has 0 radical (unpaired) electrons. The van der Waals surface area contributed by atoms with E-state index in [1.807, 2.05) is 13.8 Å². The SMILES string of the molecule is CCN=C(Cl)CC(C)=NCC(C)C. The predicted octanol–water partition coefficient (Wildman–Crippen LogP) is 3.15. The third-order valence-electron chi connectivity index (χ3n) is 1.46. The van der Waals surface area contributed by atoms with E-state index in [9.17, 15) is 0 Å². The summed E-state index contributed by atoms with van der Waals surface area (Å²) in [6.45, 7) is 9.90. The number of rotatable bonds is 5. The van der Waals surface area contributed by atoms with E-state index in [0.717, 1.165) is 18.8 Å². The summed E-state index contributed by atoms with van der Waals surface area (Å²) in [4.78, 5) is 8.49. The number of hydrogen-bond donors (Lipinski definition) is 0. The van der Waals surface area contributed by atoms with Crippen molar-refractivity contribution in [2.45, 2.75) is 34.1 Å². The van der Waals surface area contributed by atoms with Crippen molar-refractivity contribution in [1.82, 2.24) is 0 Å². The number of halogens is 1. The zero-order chi connectivity index (χ0) is 10.3. The first-order valence-electron chi connectivity index (χ1n) is 4.75. The summed E-state index contributed by atoms with van der Waals surface area (Å²) in [5.74, 6) is 0.608. The van der Waals surface area contributed by atoms with Gasteiger partial charge in [-0.1, -0.05) is 25.4 Å². The third-order valence-corrected chi connectivity index (χ3v) is 1.71. The summed E-state index contributed by atoms with van der Waals surface area (Å²) in [7, 11) is 0. The Hall–Kier alpha value is -0.370. The van der Waals surface area contributed by atoms with E-state index in [1.54, 1.807) is 0 Å². The van der Waals surface area contributed by atoms with Gasteiger partial charge < -0.3 is 0 Å². The van der Waals surface area contributed by atoms with Crippen LogP contribution < -0.4 is 0 Å². The largest absolute Gasteiger partial charge is 0.294 e. The normalized spacial score (nSPS) is 14.0. The first kappa shape index (κ1) is 12.6. The number of hydrogen-bond acceptors (Lipinski definition) is 2.